The third-order valence-corrected chi connectivity index (χ3v) is 5.38. The van der Waals surface area contributed by atoms with Gasteiger partial charge >= 0.3 is 0 Å². The largest absolute Gasteiger partial charge is 0.374 e. The van der Waals surface area contributed by atoms with Gasteiger partial charge in [0.15, 0.2) is 0 Å². The zero-order valence-electron chi connectivity index (χ0n) is 16.5. The first-order valence-electron chi connectivity index (χ1n) is 10.2. The molecule has 4 rings (SSSR count). The molecule has 0 N–H and O–H groups in total. The van der Waals surface area contributed by atoms with Gasteiger partial charge in [0, 0.05) is 32.7 Å². The Morgan fingerprint density at radius 2 is 2.00 bits per heavy atom. The van der Waals surface area contributed by atoms with Crippen molar-refractivity contribution in [2.45, 2.75) is 38.5 Å². The van der Waals surface area contributed by atoms with Crippen LogP contribution in [-0.4, -0.2) is 68.7 Å². The molecule has 1 atom stereocenters. The van der Waals surface area contributed by atoms with Crippen LogP contribution in [0, 0.1) is 5.92 Å². The molecule has 1 aromatic carbocycles. The Bertz CT molecular complexity index is 807. The molecular formula is C21H27N5O3. The molecule has 1 unspecified atom stereocenters. The highest BCUT2D eigenvalue weighted by Crippen LogP contribution is 2.29. The summed E-state index contributed by atoms with van der Waals surface area (Å²) < 4.78 is 7.74. The first kappa shape index (κ1) is 19.6. The average Bonchev–Trinajstić information content (AvgIpc) is 3.44. The van der Waals surface area contributed by atoms with Crippen LogP contribution in [0.25, 0.3) is 0 Å². The van der Waals surface area contributed by atoms with E-state index in [9.17, 15) is 9.59 Å². The number of hydrogen-bond donors (Lipinski definition) is 0. The Balaban J connectivity index is 1.41. The number of rotatable bonds is 8. The van der Waals surface area contributed by atoms with E-state index in [4.69, 9.17) is 4.74 Å². The number of hydrogen-bond acceptors (Lipinski definition) is 5. The van der Waals surface area contributed by atoms with Crippen molar-refractivity contribution >= 4 is 11.8 Å². The van der Waals surface area contributed by atoms with E-state index in [0.29, 0.717) is 38.7 Å². The zero-order chi connectivity index (χ0) is 20.1. The van der Waals surface area contributed by atoms with Crippen LogP contribution >= 0.6 is 0 Å². The lowest BCUT2D eigenvalue weighted by atomic mass is 10.2. The second kappa shape index (κ2) is 9.17. The Hall–Kier alpha value is -2.74. The van der Waals surface area contributed by atoms with Crippen molar-refractivity contribution in [3.63, 3.8) is 0 Å². The van der Waals surface area contributed by atoms with Crippen LogP contribution < -0.4 is 0 Å². The molecule has 2 aliphatic rings. The molecule has 29 heavy (non-hydrogen) atoms. The van der Waals surface area contributed by atoms with Crippen molar-refractivity contribution in [3.05, 3.63) is 48.5 Å². The van der Waals surface area contributed by atoms with Crippen LogP contribution in [0.15, 0.2) is 43.0 Å². The van der Waals surface area contributed by atoms with Crippen LogP contribution in [0.4, 0.5) is 0 Å². The Labute approximate surface area is 170 Å². The van der Waals surface area contributed by atoms with E-state index < -0.39 is 0 Å². The predicted octanol–water partition coefficient (Wildman–Crippen LogP) is 1.33. The van der Waals surface area contributed by atoms with Gasteiger partial charge in [-0.15, -0.1) is 0 Å². The molecule has 8 heteroatoms. The summed E-state index contributed by atoms with van der Waals surface area (Å²) in [6, 6.07) is 9.93. The summed E-state index contributed by atoms with van der Waals surface area (Å²) >= 11 is 0. The first-order valence-corrected chi connectivity index (χ1v) is 10.2. The molecule has 2 fully saturated rings. The van der Waals surface area contributed by atoms with Crippen molar-refractivity contribution in [1.29, 1.82) is 0 Å². The Morgan fingerprint density at radius 1 is 1.17 bits per heavy atom. The normalized spacial score (nSPS) is 20.0. The van der Waals surface area contributed by atoms with E-state index in [1.54, 1.807) is 15.9 Å². The minimum absolute atomic E-state index is 0.0412. The first-order chi connectivity index (χ1) is 14.2. The molecule has 1 saturated carbocycles. The number of nitrogens with zero attached hydrogens (tertiary/aromatic N) is 5. The number of carbonyl (C=O) groups is 2. The van der Waals surface area contributed by atoms with Crippen LogP contribution in [0.3, 0.4) is 0 Å². The molecule has 2 aromatic rings. The molecule has 8 nitrogen and oxygen atoms in total. The highest BCUT2D eigenvalue weighted by atomic mass is 16.5. The van der Waals surface area contributed by atoms with Crippen molar-refractivity contribution < 1.29 is 14.3 Å². The van der Waals surface area contributed by atoms with Crippen LogP contribution in [-0.2, 0) is 27.4 Å². The number of aryl methyl sites for hydroxylation is 1. The molecule has 1 aliphatic heterocycles. The van der Waals surface area contributed by atoms with Gasteiger partial charge in [-0.1, -0.05) is 30.3 Å². The van der Waals surface area contributed by atoms with Gasteiger partial charge in [-0.05, 0) is 24.3 Å². The minimum atomic E-state index is -0.166. The fourth-order valence-corrected chi connectivity index (χ4v) is 3.50. The second-order valence-electron chi connectivity index (χ2n) is 7.84. The lowest BCUT2D eigenvalue weighted by molar-refractivity contribution is -0.139. The molecule has 154 valence electrons. The van der Waals surface area contributed by atoms with Gasteiger partial charge in [0.2, 0.25) is 11.8 Å². The smallest absolute Gasteiger partial charge is 0.242 e. The van der Waals surface area contributed by atoms with Crippen LogP contribution in [0.5, 0.6) is 0 Å². The monoisotopic (exact) mass is 397 g/mol. The average molecular weight is 397 g/mol. The molecule has 1 saturated heterocycles. The zero-order valence-corrected chi connectivity index (χ0v) is 16.5. The summed E-state index contributed by atoms with van der Waals surface area (Å²) in [5.41, 5.74) is 1.08. The molecular weight excluding hydrogens is 370 g/mol. The van der Waals surface area contributed by atoms with Gasteiger partial charge in [0.1, 0.15) is 12.7 Å². The van der Waals surface area contributed by atoms with Crippen molar-refractivity contribution in [2.24, 2.45) is 5.92 Å². The van der Waals surface area contributed by atoms with Crippen LogP contribution in [0.1, 0.15) is 24.8 Å². The molecule has 2 heterocycles. The summed E-state index contributed by atoms with van der Waals surface area (Å²) in [4.78, 5) is 33.1. The number of amides is 2. The lowest BCUT2D eigenvalue weighted by Gasteiger charge is -2.25. The maximum Gasteiger partial charge on any atom is 0.242 e. The van der Waals surface area contributed by atoms with Gasteiger partial charge in [-0.2, -0.15) is 5.10 Å². The van der Waals surface area contributed by atoms with Gasteiger partial charge in [0.25, 0.3) is 0 Å². The Kier molecular flexibility index (Phi) is 6.19. The molecule has 0 bridgehead atoms. The Morgan fingerprint density at radius 3 is 2.72 bits per heavy atom. The topological polar surface area (TPSA) is 80.6 Å². The molecule has 1 aromatic heterocycles. The lowest BCUT2D eigenvalue weighted by Crippen LogP contribution is -2.40. The van der Waals surface area contributed by atoms with E-state index in [0.717, 1.165) is 5.56 Å². The third kappa shape index (κ3) is 5.63. The number of carbonyl (C=O) groups excluding carboxylic acids is 2. The summed E-state index contributed by atoms with van der Waals surface area (Å²) in [5.74, 6) is 0.531. The van der Waals surface area contributed by atoms with Crippen molar-refractivity contribution in [2.75, 3.05) is 26.2 Å². The van der Waals surface area contributed by atoms with Gasteiger partial charge in [0.05, 0.1) is 19.2 Å². The summed E-state index contributed by atoms with van der Waals surface area (Å²) in [5, 5.41) is 4.03. The summed E-state index contributed by atoms with van der Waals surface area (Å²) in [6.45, 7) is 2.73. The maximum absolute atomic E-state index is 12.9. The minimum Gasteiger partial charge on any atom is -0.374 e. The van der Waals surface area contributed by atoms with E-state index >= 15 is 0 Å². The van der Waals surface area contributed by atoms with Crippen LogP contribution in [0.2, 0.25) is 0 Å². The third-order valence-electron chi connectivity index (χ3n) is 5.38. The van der Waals surface area contributed by atoms with Gasteiger partial charge in [-0.25, -0.2) is 4.98 Å². The summed E-state index contributed by atoms with van der Waals surface area (Å²) in [6.07, 6.45) is 5.57. The highest BCUT2D eigenvalue weighted by Gasteiger charge is 2.32. The standard InChI is InChI=1S/C21H27N5O3/c27-20(8-9-26-16-22-15-23-26)25-12-19(29-14-18-6-7-18)11-24(21(28)13-25)10-17-4-2-1-3-5-17/h1-5,15-16,18-19H,6-14H2. The fourth-order valence-electron chi connectivity index (χ4n) is 3.50. The number of ether oxygens (including phenoxy) is 1. The molecule has 1 aliphatic carbocycles. The van der Waals surface area contributed by atoms with Gasteiger partial charge in [-0.3, -0.25) is 14.3 Å². The predicted molar refractivity (Wildman–Crippen MR) is 106 cm³/mol. The summed E-state index contributed by atoms with van der Waals surface area (Å²) in [7, 11) is 0. The van der Waals surface area contributed by atoms with E-state index in [1.165, 1.54) is 19.2 Å². The maximum atomic E-state index is 12.9. The molecule has 0 radical (unpaired) electrons. The van der Waals surface area contributed by atoms with E-state index in [-0.39, 0.29) is 30.9 Å². The molecule has 0 spiro atoms. The number of benzene rings is 1. The second-order valence-corrected chi connectivity index (χ2v) is 7.84. The highest BCUT2D eigenvalue weighted by molar-refractivity contribution is 5.85. The molecule has 2 amide bonds. The van der Waals surface area contributed by atoms with Gasteiger partial charge < -0.3 is 14.5 Å². The fraction of sp³-hybridized carbons (Fsp3) is 0.524. The number of aromatic nitrogens is 3. The van der Waals surface area contributed by atoms with Crippen molar-refractivity contribution in [1.82, 2.24) is 24.6 Å². The quantitative estimate of drug-likeness (QED) is 0.671. The van der Waals surface area contributed by atoms with E-state index in [1.807, 2.05) is 35.2 Å². The van der Waals surface area contributed by atoms with E-state index in [2.05, 4.69) is 10.1 Å². The SMILES string of the molecule is O=C(CCn1cncn1)N1CC(=O)N(Cc2ccccc2)CC(OCC2CC2)C1. The van der Waals surface area contributed by atoms with Crippen molar-refractivity contribution in [3.8, 4) is 0 Å².